The van der Waals surface area contributed by atoms with E-state index < -0.39 is 0 Å². The van der Waals surface area contributed by atoms with E-state index in [2.05, 4.69) is 16.7 Å². The number of anilines is 2. The Morgan fingerprint density at radius 1 is 1.12 bits per heavy atom. The summed E-state index contributed by atoms with van der Waals surface area (Å²) in [7, 11) is 1.58. The molecule has 0 fully saturated rings. The molecule has 168 valence electrons. The molecule has 0 radical (unpaired) electrons. The Balaban J connectivity index is 1.35. The lowest BCUT2D eigenvalue weighted by Crippen LogP contribution is -2.14. The van der Waals surface area contributed by atoms with Crippen molar-refractivity contribution in [3.8, 4) is 11.8 Å². The lowest BCUT2D eigenvalue weighted by atomic mass is 9.96. The second kappa shape index (κ2) is 10.6. The van der Waals surface area contributed by atoms with E-state index in [1.807, 2.05) is 18.2 Å². The predicted octanol–water partition coefficient (Wildman–Crippen LogP) is 5.49. The Bertz CT molecular complexity index is 1210. The standard InChI is InChI=1S/C25H23N3O3S2/c1-31-18-11-9-16(10-12-18)24(30)27-17-5-4-6-19(13-17)32-15-23(29)28-25-21(14-26)20-7-2-3-8-22(20)33-25/h4-6,9-13H,2-3,7-8,15H2,1H3,(H,27,30)(H,28,29). The molecule has 2 aromatic carbocycles. The van der Waals surface area contributed by atoms with Gasteiger partial charge in [-0.25, -0.2) is 0 Å². The second-order valence-corrected chi connectivity index (χ2v) is 9.73. The van der Waals surface area contributed by atoms with Crippen molar-refractivity contribution in [2.45, 2.75) is 30.6 Å². The number of hydrogen-bond acceptors (Lipinski definition) is 6. The van der Waals surface area contributed by atoms with Crippen LogP contribution < -0.4 is 15.4 Å². The smallest absolute Gasteiger partial charge is 0.255 e. The van der Waals surface area contributed by atoms with Gasteiger partial charge in [0.15, 0.2) is 0 Å². The molecule has 33 heavy (non-hydrogen) atoms. The fourth-order valence-electron chi connectivity index (χ4n) is 3.69. The van der Waals surface area contributed by atoms with Gasteiger partial charge in [0.05, 0.1) is 18.4 Å². The zero-order chi connectivity index (χ0) is 23.2. The number of aryl methyl sites for hydroxylation is 1. The quantitative estimate of drug-likeness (QED) is 0.439. The van der Waals surface area contributed by atoms with Gasteiger partial charge in [-0.2, -0.15) is 5.26 Å². The molecule has 3 aromatic rings. The van der Waals surface area contributed by atoms with E-state index in [1.54, 1.807) is 37.4 Å². The molecule has 0 bridgehead atoms. The van der Waals surface area contributed by atoms with Crippen molar-refractivity contribution in [2.24, 2.45) is 0 Å². The van der Waals surface area contributed by atoms with Crippen molar-refractivity contribution < 1.29 is 14.3 Å². The molecule has 1 aliphatic carbocycles. The van der Waals surface area contributed by atoms with Crippen LogP contribution in [0.15, 0.2) is 53.4 Å². The number of fused-ring (bicyclic) bond motifs is 1. The minimum Gasteiger partial charge on any atom is -0.497 e. The summed E-state index contributed by atoms with van der Waals surface area (Å²) in [5, 5.41) is 16.0. The molecule has 6 nitrogen and oxygen atoms in total. The van der Waals surface area contributed by atoms with Crippen molar-refractivity contribution >= 4 is 45.6 Å². The van der Waals surface area contributed by atoms with Gasteiger partial charge < -0.3 is 15.4 Å². The number of hydrogen-bond donors (Lipinski definition) is 2. The fraction of sp³-hybridized carbons (Fsp3) is 0.240. The first-order valence-electron chi connectivity index (χ1n) is 10.6. The van der Waals surface area contributed by atoms with E-state index in [4.69, 9.17) is 4.74 Å². The number of nitrogens with zero attached hydrogens (tertiary/aromatic N) is 1. The van der Waals surface area contributed by atoms with Gasteiger partial charge >= 0.3 is 0 Å². The van der Waals surface area contributed by atoms with Crippen LogP contribution in [0.5, 0.6) is 5.75 Å². The Morgan fingerprint density at radius 2 is 1.91 bits per heavy atom. The van der Waals surface area contributed by atoms with Gasteiger partial charge in [-0.05, 0) is 73.7 Å². The van der Waals surface area contributed by atoms with Crippen molar-refractivity contribution in [3.63, 3.8) is 0 Å². The Kier molecular flexibility index (Phi) is 7.33. The summed E-state index contributed by atoms with van der Waals surface area (Å²) in [6, 6.07) is 16.5. The van der Waals surface area contributed by atoms with Crippen LogP contribution in [0.4, 0.5) is 10.7 Å². The average Bonchev–Trinajstić information content (AvgIpc) is 3.19. The number of ether oxygens (including phenoxy) is 1. The molecule has 1 aromatic heterocycles. The summed E-state index contributed by atoms with van der Waals surface area (Å²) in [6.07, 6.45) is 4.11. The lowest BCUT2D eigenvalue weighted by molar-refractivity contribution is -0.113. The van der Waals surface area contributed by atoms with Crippen molar-refractivity contribution in [1.29, 1.82) is 5.26 Å². The number of methoxy groups -OCH3 is 1. The summed E-state index contributed by atoms with van der Waals surface area (Å²) in [5.41, 5.74) is 2.91. The largest absolute Gasteiger partial charge is 0.497 e. The Morgan fingerprint density at radius 3 is 2.67 bits per heavy atom. The van der Waals surface area contributed by atoms with Crippen LogP contribution in [0.2, 0.25) is 0 Å². The van der Waals surface area contributed by atoms with E-state index in [0.717, 1.165) is 36.1 Å². The van der Waals surface area contributed by atoms with Gasteiger partial charge in [0.2, 0.25) is 5.91 Å². The third-order valence-corrected chi connectivity index (χ3v) is 7.55. The zero-order valence-corrected chi connectivity index (χ0v) is 19.8. The number of benzene rings is 2. The van der Waals surface area contributed by atoms with Crippen LogP contribution in [-0.2, 0) is 17.6 Å². The average molecular weight is 478 g/mol. The summed E-state index contributed by atoms with van der Waals surface area (Å²) >= 11 is 2.91. The monoisotopic (exact) mass is 477 g/mol. The van der Waals surface area contributed by atoms with Gasteiger partial charge in [0.1, 0.15) is 16.8 Å². The van der Waals surface area contributed by atoms with Gasteiger partial charge in [-0.1, -0.05) is 6.07 Å². The highest BCUT2D eigenvalue weighted by atomic mass is 32.2. The maximum atomic E-state index is 12.6. The molecule has 4 rings (SSSR count). The minimum atomic E-state index is -0.219. The van der Waals surface area contributed by atoms with E-state index in [1.165, 1.54) is 28.0 Å². The molecule has 0 unspecified atom stereocenters. The van der Waals surface area contributed by atoms with Crippen LogP contribution in [0, 0.1) is 11.3 Å². The number of carbonyl (C=O) groups is 2. The van der Waals surface area contributed by atoms with Crippen LogP contribution in [-0.4, -0.2) is 24.7 Å². The van der Waals surface area contributed by atoms with Crippen molar-refractivity contribution in [1.82, 2.24) is 0 Å². The van der Waals surface area contributed by atoms with Gasteiger partial charge in [-0.15, -0.1) is 23.1 Å². The summed E-state index contributed by atoms with van der Waals surface area (Å²) in [5.74, 6) is 0.530. The number of nitrogens with one attached hydrogen (secondary N) is 2. The zero-order valence-electron chi connectivity index (χ0n) is 18.1. The topological polar surface area (TPSA) is 91.2 Å². The summed E-state index contributed by atoms with van der Waals surface area (Å²) in [6.45, 7) is 0. The predicted molar refractivity (Wildman–Crippen MR) is 132 cm³/mol. The Labute approximate surface area is 201 Å². The molecule has 0 saturated heterocycles. The van der Waals surface area contributed by atoms with Crippen molar-refractivity contribution in [3.05, 3.63) is 70.1 Å². The normalized spacial score (nSPS) is 12.4. The highest BCUT2D eigenvalue weighted by Gasteiger charge is 2.21. The maximum absolute atomic E-state index is 12.6. The SMILES string of the molecule is COc1ccc(C(=O)Nc2cccc(SCC(=O)Nc3sc4c(c3C#N)CCCC4)c2)cc1. The van der Waals surface area contributed by atoms with Crippen molar-refractivity contribution in [2.75, 3.05) is 23.5 Å². The highest BCUT2D eigenvalue weighted by Crippen LogP contribution is 2.37. The first kappa shape index (κ1) is 22.9. The van der Waals surface area contributed by atoms with Gasteiger partial charge in [-0.3, -0.25) is 9.59 Å². The first-order chi connectivity index (χ1) is 16.1. The maximum Gasteiger partial charge on any atom is 0.255 e. The van der Waals surface area contributed by atoms with E-state index in [-0.39, 0.29) is 17.6 Å². The molecule has 2 N–H and O–H groups in total. The van der Waals surface area contributed by atoms with E-state index in [9.17, 15) is 14.9 Å². The molecule has 2 amide bonds. The minimum absolute atomic E-state index is 0.150. The van der Waals surface area contributed by atoms with E-state index >= 15 is 0 Å². The van der Waals surface area contributed by atoms with Crippen LogP contribution >= 0.6 is 23.1 Å². The third-order valence-electron chi connectivity index (χ3n) is 5.35. The summed E-state index contributed by atoms with van der Waals surface area (Å²) < 4.78 is 5.12. The van der Waals surface area contributed by atoms with Gasteiger partial charge in [0.25, 0.3) is 5.91 Å². The molecule has 8 heteroatoms. The molecule has 0 saturated carbocycles. The molecule has 1 heterocycles. The van der Waals surface area contributed by atoms with Crippen LogP contribution in [0.1, 0.15) is 39.2 Å². The van der Waals surface area contributed by atoms with Crippen LogP contribution in [0.3, 0.4) is 0 Å². The molecular weight excluding hydrogens is 454 g/mol. The molecule has 0 atom stereocenters. The molecule has 1 aliphatic rings. The number of thioether (sulfide) groups is 1. The van der Waals surface area contributed by atoms with Crippen LogP contribution in [0.25, 0.3) is 0 Å². The highest BCUT2D eigenvalue weighted by molar-refractivity contribution is 8.00. The Hall–Kier alpha value is -3.28. The molecule has 0 aliphatic heterocycles. The number of nitriles is 1. The number of thiophene rings is 1. The van der Waals surface area contributed by atoms with E-state index in [0.29, 0.717) is 27.6 Å². The van der Waals surface area contributed by atoms with Gasteiger partial charge in [0, 0.05) is 21.0 Å². The fourth-order valence-corrected chi connectivity index (χ4v) is 5.70. The lowest BCUT2D eigenvalue weighted by Gasteiger charge is -2.09. The number of amides is 2. The number of carbonyl (C=O) groups excluding carboxylic acids is 2. The second-order valence-electron chi connectivity index (χ2n) is 7.57. The third kappa shape index (κ3) is 5.56. The number of rotatable bonds is 7. The molecular formula is C25H23N3O3S2. The molecule has 0 spiro atoms. The summed E-state index contributed by atoms with van der Waals surface area (Å²) in [4.78, 5) is 27.1. The first-order valence-corrected chi connectivity index (χ1v) is 12.4.